The number of aromatic amines is 2. The molecule has 0 bridgehead atoms. The van der Waals surface area contributed by atoms with Gasteiger partial charge in [0.05, 0.1) is 17.1 Å². The number of carbonyl (C=O) groups excluding carboxylic acids is 2. The molecular formula is C23H21N3O2. The number of ketones is 1. The van der Waals surface area contributed by atoms with Crippen molar-refractivity contribution in [2.45, 2.75) is 20.8 Å². The third kappa shape index (κ3) is 2.91. The molecule has 0 saturated carbocycles. The number of para-hydroxylation sites is 1. The van der Waals surface area contributed by atoms with Gasteiger partial charge in [-0.2, -0.15) is 0 Å². The summed E-state index contributed by atoms with van der Waals surface area (Å²) in [6, 6.07) is 16.9. The van der Waals surface area contributed by atoms with Crippen molar-refractivity contribution >= 4 is 28.3 Å². The number of aromatic nitrogens is 2. The van der Waals surface area contributed by atoms with Crippen molar-refractivity contribution in [3.05, 3.63) is 77.0 Å². The fourth-order valence-corrected chi connectivity index (χ4v) is 3.76. The summed E-state index contributed by atoms with van der Waals surface area (Å²) in [5, 5.41) is 3.97. The van der Waals surface area contributed by atoms with Crippen molar-refractivity contribution in [2.75, 3.05) is 5.32 Å². The van der Waals surface area contributed by atoms with Gasteiger partial charge in [-0.3, -0.25) is 9.59 Å². The summed E-state index contributed by atoms with van der Waals surface area (Å²) in [5.74, 6) is -0.164. The SMILES string of the molecule is CC(=O)c1c(C)[nH]c(-c2[nH]c3ccccc3c2NC(=O)c2ccccc2)c1C. The first-order chi connectivity index (χ1) is 13.5. The van der Waals surface area contributed by atoms with Gasteiger partial charge in [-0.15, -0.1) is 0 Å². The zero-order chi connectivity index (χ0) is 19.8. The van der Waals surface area contributed by atoms with Gasteiger partial charge in [0, 0.05) is 27.7 Å². The minimum atomic E-state index is -0.181. The molecule has 5 nitrogen and oxygen atoms in total. The summed E-state index contributed by atoms with van der Waals surface area (Å²) in [5.41, 5.74) is 6.14. The summed E-state index contributed by atoms with van der Waals surface area (Å²) in [6.45, 7) is 5.37. The molecule has 140 valence electrons. The van der Waals surface area contributed by atoms with E-state index in [1.54, 1.807) is 19.1 Å². The second kappa shape index (κ2) is 6.85. The number of benzene rings is 2. The monoisotopic (exact) mass is 371 g/mol. The van der Waals surface area contributed by atoms with Crippen LogP contribution in [-0.2, 0) is 0 Å². The highest BCUT2D eigenvalue weighted by Gasteiger charge is 2.22. The Hall–Kier alpha value is -3.60. The number of nitrogens with one attached hydrogen (secondary N) is 3. The lowest BCUT2D eigenvalue weighted by atomic mass is 10.0. The third-order valence-corrected chi connectivity index (χ3v) is 5.02. The van der Waals surface area contributed by atoms with Crippen LogP contribution in [0.3, 0.4) is 0 Å². The first-order valence-electron chi connectivity index (χ1n) is 9.15. The Balaban J connectivity index is 1.88. The molecular weight excluding hydrogens is 350 g/mol. The van der Waals surface area contributed by atoms with Gasteiger partial charge in [0.2, 0.25) is 0 Å². The number of amides is 1. The Morgan fingerprint density at radius 2 is 1.54 bits per heavy atom. The highest BCUT2D eigenvalue weighted by Crippen LogP contribution is 2.37. The highest BCUT2D eigenvalue weighted by molar-refractivity contribution is 6.13. The number of Topliss-reactive ketones (excluding diaryl/α,β-unsaturated/α-hetero) is 1. The number of hydrogen-bond acceptors (Lipinski definition) is 2. The van der Waals surface area contributed by atoms with Gasteiger partial charge < -0.3 is 15.3 Å². The van der Waals surface area contributed by atoms with Gasteiger partial charge in [-0.05, 0) is 44.5 Å². The summed E-state index contributed by atoms with van der Waals surface area (Å²) in [7, 11) is 0. The lowest BCUT2D eigenvalue weighted by Crippen LogP contribution is -2.12. The number of rotatable bonds is 4. The average molecular weight is 371 g/mol. The van der Waals surface area contributed by atoms with Gasteiger partial charge in [0.15, 0.2) is 5.78 Å². The van der Waals surface area contributed by atoms with Crippen molar-refractivity contribution in [3.8, 4) is 11.4 Å². The maximum atomic E-state index is 12.8. The molecule has 0 aliphatic rings. The molecule has 3 N–H and O–H groups in total. The van der Waals surface area contributed by atoms with E-state index >= 15 is 0 Å². The van der Waals surface area contributed by atoms with Crippen LogP contribution in [0.25, 0.3) is 22.3 Å². The van der Waals surface area contributed by atoms with E-state index in [0.29, 0.717) is 16.8 Å². The quantitative estimate of drug-likeness (QED) is 0.429. The van der Waals surface area contributed by atoms with Crippen molar-refractivity contribution in [1.82, 2.24) is 9.97 Å². The van der Waals surface area contributed by atoms with Crippen molar-refractivity contribution in [1.29, 1.82) is 0 Å². The molecule has 0 unspecified atom stereocenters. The van der Waals surface area contributed by atoms with Crippen LogP contribution in [0.5, 0.6) is 0 Å². The van der Waals surface area contributed by atoms with E-state index in [-0.39, 0.29) is 11.7 Å². The zero-order valence-corrected chi connectivity index (χ0v) is 16.0. The summed E-state index contributed by atoms with van der Waals surface area (Å²) >= 11 is 0. The molecule has 0 radical (unpaired) electrons. The predicted octanol–water partition coefficient (Wildman–Crippen LogP) is 5.23. The van der Waals surface area contributed by atoms with Crippen LogP contribution in [0.15, 0.2) is 54.6 Å². The fourth-order valence-electron chi connectivity index (χ4n) is 3.76. The summed E-state index contributed by atoms with van der Waals surface area (Å²) in [6.07, 6.45) is 0. The number of fused-ring (bicyclic) bond motifs is 1. The highest BCUT2D eigenvalue weighted by atomic mass is 16.1. The number of anilines is 1. The first-order valence-corrected chi connectivity index (χ1v) is 9.15. The Kier molecular flexibility index (Phi) is 4.35. The van der Waals surface area contributed by atoms with Gasteiger partial charge >= 0.3 is 0 Å². The van der Waals surface area contributed by atoms with Gasteiger partial charge in [0.1, 0.15) is 0 Å². The molecule has 5 heteroatoms. The molecule has 0 aliphatic heterocycles. The Morgan fingerprint density at radius 3 is 2.21 bits per heavy atom. The van der Waals surface area contributed by atoms with Crippen LogP contribution in [0.4, 0.5) is 5.69 Å². The fraction of sp³-hybridized carbons (Fsp3) is 0.130. The van der Waals surface area contributed by atoms with Crippen LogP contribution in [0, 0.1) is 13.8 Å². The largest absolute Gasteiger partial charge is 0.357 e. The topological polar surface area (TPSA) is 77.8 Å². The first kappa shape index (κ1) is 17.8. The maximum absolute atomic E-state index is 12.8. The number of aryl methyl sites for hydroxylation is 1. The van der Waals surface area contributed by atoms with E-state index in [9.17, 15) is 9.59 Å². The van der Waals surface area contributed by atoms with E-state index in [1.165, 1.54) is 0 Å². The average Bonchev–Trinajstić information content (AvgIpc) is 3.19. The minimum absolute atomic E-state index is 0.0171. The second-order valence-corrected chi connectivity index (χ2v) is 6.92. The molecule has 4 aromatic rings. The zero-order valence-electron chi connectivity index (χ0n) is 16.0. The van der Waals surface area contributed by atoms with Crippen LogP contribution in [0.2, 0.25) is 0 Å². The molecule has 4 rings (SSSR count). The Morgan fingerprint density at radius 1 is 0.857 bits per heavy atom. The van der Waals surface area contributed by atoms with E-state index in [2.05, 4.69) is 15.3 Å². The van der Waals surface area contributed by atoms with Gasteiger partial charge in [-0.25, -0.2) is 0 Å². The van der Waals surface area contributed by atoms with E-state index in [0.717, 1.165) is 33.5 Å². The summed E-state index contributed by atoms with van der Waals surface area (Å²) in [4.78, 5) is 31.6. The molecule has 0 fully saturated rings. The molecule has 2 heterocycles. The molecule has 0 saturated heterocycles. The molecule has 0 atom stereocenters. The molecule has 0 aliphatic carbocycles. The van der Waals surface area contributed by atoms with Gasteiger partial charge in [-0.1, -0.05) is 36.4 Å². The normalized spacial score (nSPS) is 11.0. The lowest BCUT2D eigenvalue weighted by molar-refractivity contribution is 0.101. The number of H-pyrrole nitrogens is 2. The van der Waals surface area contributed by atoms with Crippen molar-refractivity contribution < 1.29 is 9.59 Å². The molecule has 2 aromatic carbocycles. The smallest absolute Gasteiger partial charge is 0.255 e. The lowest BCUT2D eigenvalue weighted by Gasteiger charge is -2.08. The molecule has 28 heavy (non-hydrogen) atoms. The predicted molar refractivity (Wildman–Crippen MR) is 112 cm³/mol. The second-order valence-electron chi connectivity index (χ2n) is 6.92. The Labute approximate surface area is 162 Å². The number of hydrogen-bond donors (Lipinski definition) is 3. The van der Waals surface area contributed by atoms with Crippen molar-refractivity contribution in [2.24, 2.45) is 0 Å². The Bertz CT molecular complexity index is 1200. The van der Waals surface area contributed by atoms with Crippen LogP contribution >= 0.6 is 0 Å². The minimum Gasteiger partial charge on any atom is -0.357 e. The summed E-state index contributed by atoms with van der Waals surface area (Å²) < 4.78 is 0. The van der Waals surface area contributed by atoms with Crippen LogP contribution < -0.4 is 5.32 Å². The molecule has 1 amide bonds. The van der Waals surface area contributed by atoms with Crippen molar-refractivity contribution in [3.63, 3.8) is 0 Å². The van der Waals surface area contributed by atoms with E-state index < -0.39 is 0 Å². The standard InChI is InChI=1S/C23H21N3O2/c1-13-19(15(3)27)14(2)24-20(13)22-21(17-11-7-8-12-18(17)25-22)26-23(28)16-9-5-4-6-10-16/h4-12,24-25H,1-3H3,(H,26,28). The van der Waals surface area contributed by atoms with E-state index in [1.807, 2.05) is 56.3 Å². The third-order valence-electron chi connectivity index (χ3n) is 5.02. The maximum Gasteiger partial charge on any atom is 0.255 e. The van der Waals surface area contributed by atoms with Gasteiger partial charge in [0.25, 0.3) is 5.91 Å². The van der Waals surface area contributed by atoms with Crippen LogP contribution in [0.1, 0.15) is 38.9 Å². The number of carbonyl (C=O) groups is 2. The molecule has 2 aromatic heterocycles. The van der Waals surface area contributed by atoms with Crippen LogP contribution in [-0.4, -0.2) is 21.7 Å². The molecule has 0 spiro atoms. The van der Waals surface area contributed by atoms with E-state index in [4.69, 9.17) is 0 Å².